The van der Waals surface area contributed by atoms with Gasteiger partial charge < -0.3 is 10.7 Å². The average Bonchev–Trinajstić information content (AvgIpc) is 3.07. The number of carbonyl (C=O) groups is 1. The van der Waals surface area contributed by atoms with Crippen molar-refractivity contribution in [3.63, 3.8) is 0 Å². The summed E-state index contributed by atoms with van der Waals surface area (Å²) in [6.07, 6.45) is 0.991. The van der Waals surface area contributed by atoms with E-state index in [0.29, 0.717) is 23.1 Å². The molecule has 3 aromatic rings. The molecule has 1 heterocycles. The number of rotatable bonds is 7. The number of aromatic nitrogens is 3. The van der Waals surface area contributed by atoms with Crippen LogP contribution in [0.4, 0.5) is 4.39 Å². The maximum Gasteiger partial charge on any atom is 0.233 e. The molecule has 0 atom stereocenters. The van der Waals surface area contributed by atoms with Gasteiger partial charge in [0.1, 0.15) is 5.82 Å². The van der Waals surface area contributed by atoms with Crippen molar-refractivity contribution in [2.75, 3.05) is 18.6 Å². The molecule has 0 bridgehead atoms. The molecule has 0 saturated heterocycles. The van der Waals surface area contributed by atoms with Gasteiger partial charge >= 0.3 is 0 Å². The average molecular weight is 399 g/mol. The van der Waals surface area contributed by atoms with E-state index in [1.54, 1.807) is 24.1 Å². The fraction of sp³-hybridized carbons (Fsp3) is 0.250. The molecule has 6 nitrogen and oxygen atoms in total. The molecule has 146 valence electrons. The van der Waals surface area contributed by atoms with Crippen molar-refractivity contribution in [1.82, 2.24) is 19.8 Å². The number of hydrogen-bond donors (Lipinski definition) is 1. The third-order valence-corrected chi connectivity index (χ3v) is 5.30. The van der Waals surface area contributed by atoms with Gasteiger partial charge in [-0.1, -0.05) is 43.0 Å². The smallest absolute Gasteiger partial charge is 0.233 e. The van der Waals surface area contributed by atoms with Crippen molar-refractivity contribution in [3.05, 3.63) is 65.5 Å². The molecule has 2 aromatic carbocycles. The Bertz CT molecular complexity index is 940. The number of nitrogen functional groups attached to an aromatic ring is 1. The zero-order valence-corrected chi connectivity index (χ0v) is 16.6. The van der Waals surface area contributed by atoms with Gasteiger partial charge in [-0.15, -0.1) is 10.2 Å². The van der Waals surface area contributed by atoms with Gasteiger partial charge in [-0.3, -0.25) is 4.79 Å². The summed E-state index contributed by atoms with van der Waals surface area (Å²) in [6.45, 7) is 2.65. The van der Waals surface area contributed by atoms with E-state index in [1.807, 2.05) is 12.1 Å². The van der Waals surface area contributed by atoms with Gasteiger partial charge in [0.25, 0.3) is 0 Å². The summed E-state index contributed by atoms with van der Waals surface area (Å²) in [5.41, 5.74) is 3.01. The van der Waals surface area contributed by atoms with Gasteiger partial charge in [0.15, 0.2) is 5.82 Å². The molecule has 0 radical (unpaired) electrons. The molecule has 0 unspecified atom stereocenters. The Morgan fingerprint density at radius 2 is 1.75 bits per heavy atom. The lowest BCUT2D eigenvalue weighted by atomic mass is 10.1. The van der Waals surface area contributed by atoms with Crippen LogP contribution in [0.15, 0.2) is 53.7 Å². The van der Waals surface area contributed by atoms with E-state index in [1.165, 1.54) is 34.1 Å². The van der Waals surface area contributed by atoms with Crippen LogP contribution in [-0.2, 0) is 17.8 Å². The van der Waals surface area contributed by atoms with Crippen molar-refractivity contribution < 1.29 is 9.18 Å². The number of hydrogen-bond acceptors (Lipinski definition) is 5. The summed E-state index contributed by atoms with van der Waals surface area (Å²) in [4.78, 5) is 14.1. The zero-order chi connectivity index (χ0) is 20.1. The van der Waals surface area contributed by atoms with Gasteiger partial charge in [0, 0.05) is 19.2 Å². The van der Waals surface area contributed by atoms with Crippen LogP contribution in [0.2, 0.25) is 0 Å². The zero-order valence-electron chi connectivity index (χ0n) is 15.8. The molecule has 0 aliphatic rings. The van der Waals surface area contributed by atoms with Crippen LogP contribution in [0.3, 0.4) is 0 Å². The third kappa shape index (κ3) is 4.69. The van der Waals surface area contributed by atoms with Crippen molar-refractivity contribution in [1.29, 1.82) is 0 Å². The molecule has 1 aromatic heterocycles. The largest absolute Gasteiger partial charge is 0.341 e. The summed E-state index contributed by atoms with van der Waals surface area (Å²) < 4.78 is 14.4. The minimum Gasteiger partial charge on any atom is -0.341 e. The van der Waals surface area contributed by atoms with E-state index in [-0.39, 0.29) is 17.5 Å². The fourth-order valence-corrected chi connectivity index (χ4v) is 3.45. The van der Waals surface area contributed by atoms with Crippen molar-refractivity contribution in [2.24, 2.45) is 0 Å². The minimum atomic E-state index is -0.334. The van der Waals surface area contributed by atoms with Gasteiger partial charge in [0.2, 0.25) is 11.1 Å². The highest BCUT2D eigenvalue weighted by molar-refractivity contribution is 7.99. The highest BCUT2D eigenvalue weighted by Crippen LogP contribution is 2.22. The second-order valence-corrected chi connectivity index (χ2v) is 7.33. The van der Waals surface area contributed by atoms with E-state index in [4.69, 9.17) is 5.84 Å². The molecule has 0 aliphatic heterocycles. The highest BCUT2D eigenvalue weighted by atomic mass is 32.2. The van der Waals surface area contributed by atoms with Gasteiger partial charge in [0.05, 0.1) is 5.75 Å². The first-order valence-electron chi connectivity index (χ1n) is 8.89. The van der Waals surface area contributed by atoms with Crippen molar-refractivity contribution in [3.8, 4) is 11.4 Å². The summed E-state index contributed by atoms with van der Waals surface area (Å²) in [7, 11) is 1.77. The van der Waals surface area contributed by atoms with Crippen molar-refractivity contribution in [2.45, 2.75) is 25.0 Å². The maximum absolute atomic E-state index is 13.1. The Kier molecular flexibility index (Phi) is 6.30. The van der Waals surface area contributed by atoms with Crippen LogP contribution >= 0.6 is 11.8 Å². The molecule has 1 amide bonds. The fourth-order valence-electron chi connectivity index (χ4n) is 2.65. The molecule has 2 N–H and O–H groups in total. The molecule has 0 saturated carbocycles. The second-order valence-electron chi connectivity index (χ2n) is 6.39. The van der Waals surface area contributed by atoms with Gasteiger partial charge in [-0.05, 0) is 41.8 Å². The van der Waals surface area contributed by atoms with Crippen LogP contribution in [0, 0.1) is 5.82 Å². The first-order chi connectivity index (χ1) is 13.5. The number of aryl methyl sites for hydroxylation is 1. The minimum absolute atomic E-state index is 0.0316. The number of benzene rings is 2. The predicted octanol–water partition coefficient (Wildman–Crippen LogP) is 3.11. The number of nitrogens with zero attached hydrogens (tertiary/aromatic N) is 4. The SMILES string of the molecule is CCc1ccc(CN(C)C(=O)CSc2nnc(-c3ccc(F)cc3)n2N)cc1. The van der Waals surface area contributed by atoms with E-state index in [0.717, 1.165) is 12.0 Å². The Balaban J connectivity index is 1.58. The standard InChI is InChI=1S/C20H22FN5OS/c1-3-14-4-6-15(7-5-14)12-25(2)18(27)13-28-20-24-23-19(26(20)22)16-8-10-17(21)11-9-16/h4-11H,3,12-13,22H2,1-2H3. The molecule has 0 fully saturated rings. The Morgan fingerprint density at radius 1 is 1.11 bits per heavy atom. The van der Waals surface area contributed by atoms with Crippen LogP contribution < -0.4 is 5.84 Å². The summed E-state index contributed by atoms with van der Waals surface area (Å²) in [6, 6.07) is 14.1. The normalized spacial score (nSPS) is 10.8. The quantitative estimate of drug-likeness (QED) is 0.488. The molecular formula is C20H22FN5OS. The molecule has 28 heavy (non-hydrogen) atoms. The molecule has 0 spiro atoms. The van der Waals surface area contributed by atoms with Crippen LogP contribution in [0.25, 0.3) is 11.4 Å². The van der Waals surface area contributed by atoms with Gasteiger partial charge in [-0.2, -0.15) is 0 Å². The summed E-state index contributed by atoms with van der Waals surface area (Å²) in [5.74, 6) is 6.29. The number of thioether (sulfide) groups is 1. The van der Waals surface area contributed by atoms with Crippen LogP contribution in [0.5, 0.6) is 0 Å². The molecule has 3 rings (SSSR count). The van der Waals surface area contributed by atoms with Crippen LogP contribution in [-0.4, -0.2) is 38.5 Å². The monoisotopic (exact) mass is 399 g/mol. The molecule has 8 heteroatoms. The number of nitrogens with two attached hydrogens (primary N) is 1. The Labute approximate surface area is 167 Å². The highest BCUT2D eigenvalue weighted by Gasteiger charge is 2.16. The number of carbonyl (C=O) groups excluding carboxylic acids is 1. The van der Waals surface area contributed by atoms with Gasteiger partial charge in [-0.25, -0.2) is 9.07 Å². The van der Waals surface area contributed by atoms with E-state index >= 15 is 0 Å². The van der Waals surface area contributed by atoms with E-state index in [2.05, 4.69) is 29.3 Å². The predicted molar refractivity (Wildman–Crippen MR) is 109 cm³/mol. The number of amides is 1. The first kappa shape index (κ1) is 19.9. The molecule has 0 aliphatic carbocycles. The lowest BCUT2D eigenvalue weighted by molar-refractivity contribution is -0.127. The van der Waals surface area contributed by atoms with Crippen molar-refractivity contribution >= 4 is 17.7 Å². The Morgan fingerprint density at radius 3 is 2.39 bits per heavy atom. The topological polar surface area (TPSA) is 77.0 Å². The van der Waals surface area contributed by atoms with E-state index < -0.39 is 0 Å². The van der Waals surface area contributed by atoms with Crippen LogP contribution in [0.1, 0.15) is 18.1 Å². The lowest BCUT2D eigenvalue weighted by Gasteiger charge is -2.17. The lowest BCUT2D eigenvalue weighted by Crippen LogP contribution is -2.28. The van der Waals surface area contributed by atoms with E-state index in [9.17, 15) is 9.18 Å². The third-order valence-electron chi connectivity index (χ3n) is 4.37. The number of halogens is 1. The summed E-state index contributed by atoms with van der Waals surface area (Å²) in [5, 5.41) is 8.50. The first-order valence-corrected chi connectivity index (χ1v) is 9.87. The molecular weight excluding hydrogens is 377 g/mol. The second kappa shape index (κ2) is 8.88. The summed E-state index contributed by atoms with van der Waals surface area (Å²) >= 11 is 1.22. The maximum atomic E-state index is 13.1. The Hall–Kier alpha value is -2.87.